The van der Waals surface area contributed by atoms with Gasteiger partial charge >= 0.3 is 0 Å². The van der Waals surface area contributed by atoms with Crippen molar-refractivity contribution >= 4 is 23.2 Å². The summed E-state index contributed by atoms with van der Waals surface area (Å²) in [5.74, 6) is 0.441. The van der Waals surface area contributed by atoms with Gasteiger partial charge in [0.2, 0.25) is 0 Å². The zero-order valence-corrected chi connectivity index (χ0v) is 13.8. The average Bonchev–Trinajstić information content (AvgIpc) is 2.63. The largest absolute Gasteiger partial charge is 0.330 e. The van der Waals surface area contributed by atoms with E-state index in [-0.39, 0.29) is 6.04 Å². The maximum atomic E-state index is 6.45. The standard InChI is InChI=1S/C16H24Cl2N2/c1-11(2)20-8-4-3-5-12(10-19)16(20)14-9-13(17)6-7-15(14)18/h6-7,9,11-12,16H,3-5,8,10,19H2,1-2H3. The lowest BCUT2D eigenvalue weighted by Crippen LogP contribution is -2.40. The molecule has 1 aliphatic rings. The molecule has 2 nitrogen and oxygen atoms in total. The fourth-order valence-corrected chi connectivity index (χ4v) is 3.68. The van der Waals surface area contributed by atoms with Crippen LogP contribution in [0.2, 0.25) is 10.0 Å². The SMILES string of the molecule is CC(C)N1CCCCC(CN)C1c1cc(Cl)ccc1Cl. The fourth-order valence-electron chi connectivity index (χ4n) is 3.27. The van der Waals surface area contributed by atoms with Gasteiger partial charge in [0.1, 0.15) is 0 Å². The van der Waals surface area contributed by atoms with Gasteiger partial charge in [-0.15, -0.1) is 0 Å². The zero-order chi connectivity index (χ0) is 14.7. The minimum Gasteiger partial charge on any atom is -0.330 e. The van der Waals surface area contributed by atoms with E-state index >= 15 is 0 Å². The number of nitrogens with two attached hydrogens (primary N) is 1. The molecule has 1 saturated heterocycles. The summed E-state index contributed by atoms with van der Waals surface area (Å²) in [5.41, 5.74) is 7.18. The van der Waals surface area contributed by atoms with Crippen molar-refractivity contribution in [3.05, 3.63) is 33.8 Å². The Morgan fingerprint density at radius 1 is 1.30 bits per heavy atom. The van der Waals surface area contributed by atoms with Gasteiger partial charge in [0, 0.05) is 22.1 Å². The topological polar surface area (TPSA) is 29.3 Å². The van der Waals surface area contributed by atoms with E-state index in [1.165, 1.54) is 12.8 Å². The molecule has 0 amide bonds. The maximum absolute atomic E-state index is 6.45. The van der Waals surface area contributed by atoms with Crippen LogP contribution in [-0.4, -0.2) is 24.0 Å². The van der Waals surface area contributed by atoms with Gasteiger partial charge in [-0.1, -0.05) is 29.6 Å². The van der Waals surface area contributed by atoms with Gasteiger partial charge in [-0.25, -0.2) is 0 Å². The summed E-state index contributed by atoms with van der Waals surface area (Å²) < 4.78 is 0. The Hall–Kier alpha value is -0.280. The number of hydrogen-bond acceptors (Lipinski definition) is 2. The van der Waals surface area contributed by atoms with Crippen LogP contribution in [-0.2, 0) is 0 Å². The predicted octanol–water partition coefficient (Wildman–Crippen LogP) is 4.50. The Labute approximate surface area is 132 Å². The molecule has 1 aromatic rings. The smallest absolute Gasteiger partial charge is 0.0455 e. The van der Waals surface area contributed by atoms with E-state index < -0.39 is 0 Å². The molecule has 0 aromatic heterocycles. The van der Waals surface area contributed by atoms with Crippen molar-refractivity contribution < 1.29 is 0 Å². The average molecular weight is 315 g/mol. The van der Waals surface area contributed by atoms with Gasteiger partial charge < -0.3 is 5.73 Å². The summed E-state index contributed by atoms with van der Waals surface area (Å²) >= 11 is 12.6. The maximum Gasteiger partial charge on any atom is 0.0455 e. The van der Waals surface area contributed by atoms with Crippen molar-refractivity contribution in [2.45, 2.75) is 45.2 Å². The van der Waals surface area contributed by atoms with Crippen molar-refractivity contribution in [3.8, 4) is 0 Å². The van der Waals surface area contributed by atoms with Crippen molar-refractivity contribution in [2.24, 2.45) is 11.7 Å². The van der Waals surface area contributed by atoms with Gasteiger partial charge in [-0.2, -0.15) is 0 Å². The Morgan fingerprint density at radius 2 is 2.05 bits per heavy atom. The molecule has 2 N–H and O–H groups in total. The highest BCUT2D eigenvalue weighted by molar-refractivity contribution is 6.33. The van der Waals surface area contributed by atoms with Gasteiger partial charge in [-0.05, 0) is 69.5 Å². The van der Waals surface area contributed by atoms with Crippen molar-refractivity contribution in [2.75, 3.05) is 13.1 Å². The second-order valence-electron chi connectivity index (χ2n) is 5.93. The molecular formula is C16H24Cl2N2. The summed E-state index contributed by atoms with van der Waals surface area (Å²) in [7, 11) is 0. The molecule has 1 heterocycles. The number of nitrogens with zero attached hydrogens (tertiary/aromatic N) is 1. The Kier molecular flexibility index (Phi) is 5.74. The van der Waals surface area contributed by atoms with Crippen LogP contribution >= 0.6 is 23.2 Å². The molecule has 1 aromatic carbocycles. The van der Waals surface area contributed by atoms with E-state index in [1.807, 2.05) is 18.2 Å². The summed E-state index contributed by atoms with van der Waals surface area (Å²) in [4.78, 5) is 2.53. The highest BCUT2D eigenvalue weighted by Crippen LogP contribution is 2.39. The van der Waals surface area contributed by atoms with Crippen LogP contribution in [0.1, 0.15) is 44.7 Å². The molecule has 0 bridgehead atoms. The number of benzene rings is 1. The molecule has 2 atom stereocenters. The molecule has 1 fully saturated rings. The van der Waals surface area contributed by atoms with E-state index in [0.717, 1.165) is 28.6 Å². The van der Waals surface area contributed by atoms with Crippen molar-refractivity contribution in [1.82, 2.24) is 4.90 Å². The Morgan fingerprint density at radius 3 is 2.70 bits per heavy atom. The highest BCUT2D eigenvalue weighted by atomic mass is 35.5. The lowest BCUT2D eigenvalue weighted by Gasteiger charge is -2.38. The van der Waals surface area contributed by atoms with Crippen LogP contribution in [0.5, 0.6) is 0 Å². The minimum atomic E-state index is 0.272. The first kappa shape index (κ1) is 16.1. The first-order valence-electron chi connectivity index (χ1n) is 7.45. The molecule has 112 valence electrons. The van der Waals surface area contributed by atoms with Gasteiger partial charge in [0.05, 0.1) is 0 Å². The summed E-state index contributed by atoms with van der Waals surface area (Å²) in [6.07, 6.45) is 3.62. The molecule has 0 radical (unpaired) electrons. The number of rotatable bonds is 3. The molecule has 20 heavy (non-hydrogen) atoms. The lowest BCUT2D eigenvalue weighted by atomic mass is 9.88. The summed E-state index contributed by atoms with van der Waals surface area (Å²) in [6, 6.07) is 6.51. The van der Waals surface area contributed by atoms with Crippen LogP contribution in [0, 0.1) is 5.92 Å². The van der Waals surface area contributed by atoms with Gasteiger partial charge in [0.25, 0.3) is 0 Å². The van der Waals surface area contributed by atoms with E-state index in [2.05, 4.69) is 18.7 Å². The minimum absolute atomic E-state index is 0.272. The molecule has 0 saturated carbocycles. The monoisotopic (exact) mass is 314 g/mol. The van der Waals surface area contributed by atoms with Crippen molar-refractivity contribution in [1.29, 1.82) is 0 Å². The molecule has 0 spiro atoms. The van der Waals surface area contributed by atoms with Crippen LogP contribution in [0.15, 0.2) is 18.2 Å². The van der Waals surface area contributed by atoms with Gasteiger partial charge in [-0.3, -0.25) is 4.90 Å². The molecule has 4 heteroatoms. The third kappa shape index (κ3) is 3.48. The van der Waals surface area contributed by atoms with Crippen LogP contribution in [0.25, 0.3) is 0 Å². The number of halogens is 2. The third-order valence-corrected chi connectivity index (χ3v) is 4.87. The molecule has 2 rings (SSSR count). The zero-order valence-electron chi connectivity index (χ0n) is 12.3. The summed E-state index contributed by atoms with van der Waals surface area (Å²) in [5, 5.41) is 1.54. The molecular weight excluding hydrogens is 291 g/mol. The second kappa shape index (κ2) is 7.13. The van der Waals surface area contributed by atoms with E-state index in [4.69, 9.17) is 28.9 Å². The first-order valence-corrected chi connectivity index (χ1v) is 8.21. The molecule has 1 aliphatic heterocycles. The lowest BCUT2D eigenvalue weighted by molar-refractivity contribution is 0.121. The molecule has 2 unspecified atom stereocenters. The normalized spacial score (nSPS) is 24.9. The van der Waals surface area contributed by atoms with E-state index in [9.17, 15) is 0 Å². The fraction of sp³-hybridized carbons (Fsp3) is 0.625. The van der Waals surface area contributed by atoms with E-state index in [0.29, 0.717) is 18.5 Å². The molecule has 0 aliphatic carbocycles. The highest BCUT2D eigenvalue weighted by Gasteiger charge is 2.33. The third-order valence-electron chi connectivity index (χ3n) is 4.29. The second-order valence-corrected chi connectivity index (χ2v) is 6.78. The summed E-state index contributed by atoms with van der Waals surface area (Å²) in [6.45, 7) is 6.27. The number of hydrogen-bond donors (Lipinski definition) is 1. The Balaban J connectivity index is 2.45. The quantitative estimate of drug-likeness (QED) is 0.889. The van der Waals surface area contributed by atoms with Crippen LogP contribution in [0.4, 0.5) is 0 Å². The predicted molar refractivity (Wildman–Crippen MR) is 87.4 cm³/mol. The van der Waals surface area contributed by atoms with Crippen LogP contribution < -0.4 is 5.73 Å². The first-order chi connectivity index (χ1) is 9.54. The van der Waals surface area contributed by atoms with Crippen LogP contribution in [0.3, 0.4) is 0 Å². The van der Waals surface area contributed by atoms with E-state index in [1.54, 1.807) is 0 Å². The number of likely N-dealkylation sites (tertiary alicyclic amines) is 1. The van der Waals surface area contributed by atoms with Crippen molar-refractivity contribution in [3.63, 3.8) is 0 Å². The van der Waals surface area contributed by atoms with Gasteiger partial charge in [0.15, 0.2) is 0 Å². The Bertz CT molecular complexity index is 448.